The second kappa shape index (κ2) is 6.67. The van der Waals surface area contributed by atoms with Gasteiger partial charge in [0.25, 0.3) is 6.01 Å². The number of fused-ring (bicyclic) bond motifs is 5. The number of aliphatic hydroxyl groups is 2. The zero-order valence-corrected chi connectivity index (χ0v) is 18.5. The smallest absolute Gasteiger partial charge is 0.292 e. The number of nitrogen functional groups attached to an aromatic ring is 1. The minimum atomic E-state index is -1.41. The fourth-order valence-electron chi connectivity index (χ4n) is 7.39. The first-order valence-electron chi connectivity index (χ1n) is 11.9. The Labute approximate surface area is 187 Å². The second-order valence-corrected chi connectivity index (χ2v) is 10.8. The average molecular weight is 439 g/mol. The fourth-order valence-corrected chi connectivity index (χ4v) is 7.39. The molecule has 0 aliphatic heterocycles. The van der Waals surface area contributed by atoms with Crippen LogP contribution >= 0.6 is 0 Å². The molecule has 0 amide bonds. The zero-order valence-electron chi connectivity index (χ0n) is 18.5. The van der Waals surface area contributed by atoms with Gasteiger partial charge in [0, 0.05) is 24.2 Å². The summed E-state index contributed by atoms with van der Waals surface area (Å²) in [5, 5.41) is 22.2. The lowest BCUT2D eigenvalue weighted by molar-refractivity contribution is -0.0359. The Morgan fingerprint density at radius 2 is 2.06 bits per heavy atom. The Kier molecular flexibility index (Phi) is 4.26. The first-order chi connectivity index (χ1) is 15.2. The second-order valence-electron chi connectivity index (χ2n) is 10.8. The SMILES string of the molecule is CC12CC=C3CC4(F)CC(O)CCC4CC[C@]3(O)C1CC=C2c1ccc2nc(N)oc2c1. The summed E-state index contributed by atoms with van der Waals surface area (Å²) in [5.74, 6) is -0.0741. The van der Waals surface area contributed by atoms with Crippen LogP contribution in [-0.4, -0.2) is 32.6 Å². The number of anilines is 1. The molecule has 1 aromatic heterocycles. The van der Waals surface area contributed by atoms with E-state index in [0.29, 0.717) is 31.3 Å². The van der Waals surface area contributed by atoms with Crippen molar-refractivity contribution in [1.82, 2.24) is 4.98 Å². The topological polar surface area (TPSA) is 92.5 Å². The minimum absolute atomic E-state index is 0.00849. The highest BCUT2D eigenvalue weighted by Crippen LogP contribution is 2.63. The van der Waals surface area contributed by atoms with Gasteiger partial charge in [0.1, 0.15) is 11.2 Å². The van der Waals surface area contributed by atoms with E-state index >= 15 is 4.39 Å². The van der Waals surface area contributed by atoms with Gasteiger partial charge in [-0.3, -0.25) is 0 Å². The molecule has 0 spiro atoms. The van der Waals surface area contributed by atoms with Gasteiger partial charge >= 0.3 is 0 Å². The lowest BCUT2D eigenvalue weighted by Gasteiger charge is -2.49. The van der Waals surface area contributed by atoms with Crippen LogP contribution in [0.1, 0.15) is 63.9 Å². The Balaban J connectivity index is 1.37. The van der Waals surface area contributed by atoms with Crippen molar-refractivity contribution < 1.29 is 19.0 Å². The molecule has 4 aliphatic rings. The maximum absolute atomic E-state index is 16.0. The third-order valence-corrected chi connectivity index (χ3v) is 9.08. The number of halogens is 1. The van der Waals surface area contributed by atoms with Gasteiger partial charge in [-0.2, -0.15) is 4.98 Å². The van der Waals surface area contributed by atoms with Crippen molar-refractivity contribution in [3.63, 3.8) is 0 Å². The normalized spacial score (nSPS) is 41.3. The highest BCUT2D eigenvalue weighted by molar-refractivity contribution is 5.82. The Hall–Kier alpha value is -2.18. The van der Waals surface area contributed by atoms with Crippen LogP contribution in [0, 0.1) is 17.3 Å². The molecule has 5 unspecified atom stereocenters. The van der Waals surface area contributed by atoms with Crippen LogP contribution in [0.5, 0.6) is 0 Å². The van der Waals surface area contributed by atoms with Gasteiger partial charge < -0.3 is 20.4 Å². The van der Waals surface area contributed by atoms with Gasteiger partial charge in [0.05, 0.1) is 11.7 Å². The minimum Gasteiger partial charge on any atom is -0.424 e. The number of oxazole rings is 1. The molecule has 4 N–H and O–H groups in total. The van der Waals surface area contributed by atoms with Crippen molar-refractivity contribution in [2.45, 2.75) is 75.7 Å². The predicted octanol–water partition coefficient (Wildman–Crippen LogP) is 4.93. The molecule has 0 bridgehead atoms. The quantitative estimate of drug-likeness (QED) is 0.549. The highest BCUT2D eigenvalue weighted by atomic mass is 19.1. The molecule has 2 aromatic rings. The third-order valence-electron chi connectivity index (χ3n) is 9.08. The summed E-state index contributed by atoms with van der Waals surface area (Å²) in [6.45, 7) is 2.23. The number of hydrogen-bond donors (Lipinski definition) is 3. The van der Waals surface area contributed by atoms with Gasteiger partial charge in [-0.1, -0.05) is 25.1 Å². The number of hydrogen-bond acceptors (Lipinski definition) is 5. The van der Waals surface area contributed by atoms with Crippen LogP contribution in [-0.2, 0) is 0 Å². The Morgan fingerprint density at radius 1 is 1.22 bits per heavy atom. The fraction of sp³-hybridized carbons (Fsp3) is 0.577. The molecule has 32 heavy (non-hydrogen) atoms. The van der Waals surface area contributed by atoms with Gasteiger partial charge in [0.2, 0.25) is 0 Å². The van der Waals surface area contributed by atoms with E-state index in [1.54, 1.807) is 0 Å². The molecule has 0 radical (unpaired) electrons. The van der Waals surface area contributed by atoms with E-state index in [2.05, 4.69) is 24.1 Å². The van der Waals surface area contributed by atoms with Crippen molar-refractivity contribution in [3.05, 3.63) is 41.5 Å². The Morgan fingerprint density at radius 3 is 2.91 bits per heavy atom. The molecule has 2 fully saturated rings. The van der Waals surface area contributed by atoms with Crippen molar-refractivity contribution in [1.29, 1.82) is 0 Å². The molecule has 4 aliphatic carbocycles. The summed E-state index contributed by atoms with van der Waals surface area (Å²) in [6, 6.07) is 6.12. The molecule has 5 nitrogen and oxygen atoms in total. The van der Waals surface area contributed by atoms with E-state index in [1.807, 2.05) is 18.2 Å². The highest BCUT2D eigenvalue weighted by Gasteiger charge is 2.59. The van der Waals surface area contributed by atoms with E-state index in [4.69, 9.17) is 10.2 Å². The van der Waals surface area contributed by atoms with Crippen LogP contribution in [0.25, 0.3) is 16.7 Å². The summed E-state index contributed by atoms with van der Waals surface area (Å²) in [7, 11) is 0. The van der Waals surface area contributed by atoms with Crippen LogP contribution in [0.4, 0.5) is 10.4 Å². The van der Waals surface area contributed by atoms with Crippen LogP contribution < -0.4 is 5.73 Å². The molecule has 0 saturated heterocycles. The summed E-state index contributed by atoms with van der Waals surface area (Å²) in [4.78, 5) is 4.19. The number of benzene rings is 1. The maximum Gasteiger partial charge on any atom is 0.292 e. The van der Waals surface area contributed by atoms with E-state index in [0.717, 1.165) is 29.5 Å². The molecule has 2 saturated carbocycles. The molecule has 6 heteroatoms. The number of rotatable bonds is 1. The van der Waals surface area contributed by atoms with Crippen LogP contribution in [0.3, 0.4) is 0 Å². The summed E-state index contributed by atoms with van der Waals surface area (Å²) < 4.78 is 21.6. The lowest BCUT2D eigenvalue weighted by Crippen LogP contribution is -2.49. The van der Waals surface area contributed by atoms with Gasteiger partial charge in [-0.25, -0.2) is 4.39 Å². The predicted molar refractivity (Wildman–Crippen MR) is 121 cm³/mol. The monoisotopic (exact) mass is 438 g/mol. The first-order valence-corrected chi connectivity index (χ1v) is 11.9. The van der Waals surface area contributed by atoms with E-state index in [-0.39, 0.29) is 36.1 Å². The summed E-state index contributed by atoms with van der Waals surface area (Å²) in [6.07, 6.45) is 8.36. The van der Waals surface area contributed by atoms with E-state index < -0.39 is 17.4 Å². The zero-order chi connectivity index (χ0) is 22.3. The number of allylic oxidation sites excluding steroid dienone is 3. The maximum atomic E-state index is 16.0. The lowest BCUT2D eigenvalue weighted by atomic mass is 9.58. The van der Waals surface area contributed by atoms with Gasteiger partial charge in [-0.15, -0.1) is 0 Å². The van der Waals surface area contributed by atoms with E-state index in [9.17, 15) is 10.2 Å². The summed E-state index contributed by atoms with van der Waals surface area (Å²) >= 11 is 0. The largest absolute Gasteiger partial charge is 0.424 e. The molecular weight excluding hydrogens is 407 g/mol. The van der Waals surface area contributed by atoms with Crippen LogP contribution in [0.15, 0.2) is 40.3 Å². The molecular formula is C26H31FN2O3. The number of alkyl halides is 1. The van der Waals surface area contributed by atoms with Crippen molar-refractivity contribution >= 4 is 22.7 Å². The van der Waals surface area contributed by atoms with Gasteiger partial charge in [-0.05, 0) is 73.3 Å². The van der Waals surface area contributed by atoms with E-state index in [1.165, 1.54) is 5.57 Å². The first kappa shape index (κ1) is 20.4. The molecule has 1 heterocycles. The van der Waals surface area contributed by atoms with Gasteiger partial charge in [0.15, 0.2) is 5.58 Å². The number of aromatic nitrogens is 1. The molecule has 6 rings (SSSR count). The number of nitrogens with two attached hydrogens (primary N) is 1. The third kappa shape index (κ3) is 2.78. The standard InChI is InChI=1S/C26H31FN2O3/c1-24-10-8-17-13-25(27)14-18(30)4-3-16(25)9-11-26(17,31)22(24)7-5-19(24)15-2-6-20-21(12-15)32-23(28)29-20/h2,5-6,8,12,16,18,22,30-31H,3-4,7,9-11,13-14H2,1H3,(H2,28,29)/t16?,18?,22?,24?,25?,26-/m1/s1. The average Bonchev–Trinajstić information content (AvgIpc) is 3.25. The molecule has 6 atom stereocenters. The van der Waals surface area contributed by atoms with Crippen molar-refractivity contribution in [3.8, 4) is 0 Å². The summed E-state index contributed by atoms with van der Waals surface area (Å²) in [5.41, 5.74) is 7.58. The number of nitrogens with zero attached hydrogens (tertiary/aromatic N) is 1. The van der Waals surface area contributed by atoms with Crippen molar-refractivity contribution in [2.24, 2.45) is 17.3 Å². The number of aliphatic hydroxyl groups excluding tert-OH is 1. The van der Waals surface area contributed by atoms with Crippen LogP contribution in [0.2, 0.25) is 0 Å². The molecule has 1 aromatic carbocycles. The van der Waals surface area contributed by atoms with Crippen molar-refractivity contribution in [2.75, 3.05) is 5.73 Å². The molecule has 170 valence electrons. The Bertz CT molecular complexity index is 1160.